The van der Waals surface area contributed by atoms with Crippen LogP contribution in [0.25, 0.3) is 287 Å². The van der Waals surface area contributed by atoms with Crippen LogP contribution >= 0.6 is 34.0 Å². The van der Waals surface area contributed by atoms with Crippen molar-refractivity contribution < 1.29 is 0 Å². The van der Waals surface area contributed by atoms with Crippen molar-refractivity contribution in [1.29, 1.82) is 0 Å². The number of aromatic nitrogens is 9. The van der Waals surface area contributed by atoms with Gasteiger partial charge >= 0.3 is 0 Å². The third kappa shape index (κ3) is 13.9. The van der Waals surface area contributed by atoms with E-state index in [2.05, 4.69) is 487 Å². The number of thiophene rings is 3. The Morgan fingerprint density at radius 2 is 0.397 bits per heavy atom. The molecule has 680 valence electrons. The van der Waals surface area contributed by atoms with Gasteiger partial charge in [0.2, 0.25) is 0 Å². The Kier molecular flexibility index (Phi) is 20.0. The molecule has 9 heterocycles. The lowest BCUT2D eigenvalue weighted by molar-refractivity contribution is 1.19. The van der Waals surface area contributed by atoms with Crippen LogP contribution in [0.2, 0.25) is 0 Å². The monoisotopic (exact) mass is 1910 g/mol. The minimum atomic E-state index is 0.732. The molecule has 0 amide bonds. The van der Waals surface area contributed by atoms with Gasteiger partial charge < -0.3 is 13.7 Å². The molecule has 0 saturated carbocycles. The molecule has 0 aliphatic rings. The molecular weight excluding hydrogens is 1830 g/mol. The molecule has 9 aromatic heterocycles. The molecule has 0 aliphatic carbocycles. The van der Waals surface area contributed by atoms with Crippen LogP contribution in [0.5, 0.6) is 0 Å². The molecular formula is C134H81N9S3. The van der Waals surface area contributed by atoms with Crippen molar-refractivity contribution in [2.75, 3.05) is 0 Å². The third-order valence-corrected chi connectivity index (χ3v) is 32.8. The van der Waals surface area contributed by atoms with Crippen molar-refractivity contribution in [2.24, 2.45) is 0 Å². The second kappa shape index (κ2) is 34.7. The van der Waals surface area contributed by atoms with Crippen LogP contribution in [-0.4, -0.2) is 43.6 Å². The quantitative estimate of drug-likeness (QED) is 0.128. The summed E-state index contributed by atoms with van der Waals surface area (Å²) < 4.78 is 14.7. The topological polar surface area (TPSA) is 92.1 Å². The van der Waals surface area contributed by atoms with Crippen LogP contribution in [0.15, 0.2) is 491 Å². The molecule has 22 aromatic carbocycles. The molecule has 31 aromatic rings. The number of benzene rings is 22. The summed E-state index contributed by atoms with van der Waals surface area (Å²) in [6.45, 7) is 0. The highest BCUT2D eigenvalue weighted by Crippen LogP contribution is 2.53. The molecule has 0 fully saturated rings. The van der Waals surface area contributed by atoms with Gasteiger partial charge in [-0.2, -0.15) is 0 Å². The fraction of sp³-hybridized carbons (Fsp3) is 0. The average Bonchev–Trinajstić information content (AvgIpc) is 1.56. The lowest BCUT2D eigenvalue weighted by atomic mass is 9.99. The summed E-state index contributed by atoms with van der Waals surface area (Å²) >= 11 is 5.53. The van der Waals surface area contributed by atoms with Crippen LogP contribution in [0, 0.1) is 0 Å². The van der Waals surface area contributed by atoms with E-state index in [4.69, 9.17) is 29.9 Å². The predicted molar refractivity (Wildman–Crippen MR) is 619 cm³/mol. The average molecular weight is 1910 g/mol. The zero-order valence-corrected chi connectivity index (χ0v) is 81.0. The number of fused-ring (bicyclic) bond motifs is 26. The number of para-hydroxylation sites is 8. The summed E-state index contributed by atoms with van der Waals surface area (Å²) in [5.74, 6) is 2.22. The molecule has 31 rings (SSSR count). The summed E-state index contributed by atoms with van der Waals surface area (Å²) in [5.41, 5.74) is 26.3. The van der Waals surface area contributed by atoms with Crippen molar-refractivity contribution in [1.82, 2.24) is 43.6 Å². The lowest BCUT2D eigenvalue weighted by Crippen LogP contribution is -1.96. The smallest absolute Gasteiger partial charge is 0.161 e. The highest BCUT2D eigenvalue weighted by molar-refractivity contribution is 7.28. The van der Waals surface area contributed by atoms with Gasteiger partial charge in [-0.15, -0.1) is 34.0 Å². The first-order valence-corrected chi connectivity index (χ1v) is 51.7. The van der Waals surface area contributed by atoms with Crippen molar-refractivity contribution in [3.8, 4) is 107 Å². The maximum Gasteiger partial charge on any atom is 0.161 e. The van der Waals surface area contributed by atoms with E-state index in [1.54, 1.807) is 0 Å². The van der Waals surface area contributed by atoms with E-state index in [-0.39, 0.29) is 0 Å². The SMILES string of the molecule is c1ccc(-c2cc(-c3ccccc3)nc(-c3cc4ccccc4c4c3sc3c(-n5c6ccccc6c6ccccc65)cccc34)n2)cc1.c1ccc(-c2ccc(-c3nc(-c4cc5ccccc5c5c4sc4c(-n6c7ccccc7c7ccccc76)cccc45)nc4ccccc34)cc2)cc1.c1ccc(-c2nc(-c3cc4ccccc4c4c3sc3c(-n5c6ccccc6c6ccccc65)cccc34)nc3ccccc23)cc1. The highest BCUT2D eigenvalue weighted by atomic mass is 32.1. The van der Waals surface area contributed by atoms with Gasteiger partial charge in [0, 0.05) is 128 Å². The van der Waals surface area contributed by atoms with E-state index in [9.17, 15) is 0 Å². The van der Waals surface area contributed by atoms with Gasteiger partial charge in [0.25, 0.3) is 0 Å². The second-order valence-corrected chi connectivity index (χ2v) is 40.3. The molecule has 0 N–H and O–H groups in total. The summed E-state index contributed by atoms with van der Waals surface area (Å²) in [5, 5.41) is 24.4. The van der Waals surface area contributed by atoms with Crippen LogP contribution in [0.1, 0.15) is 0 Å². The van der Waals surface area contributed by atoms with E-state index in [0.717, 1.165) is 101 Å². The Labute approximate surface area is 849 Å². The maximum atomic E-state index is 5.42. The predicted octanol–water partition coefficient (Wildman–Crippen LogP) is 36.9. The Hall–Kier alpha value is -18.6. The van der Waals surface area contributed by atoms with E-state index in [0.29, 0.717) is 0 Å². The molecule has 0 radical (unpaired) electrons. The van der Waals surface area contributed by atoms with Crippen molar-refractivity contribution in [3.05, 3.63) is 491 Å². The Morgan fingerprint density at radius 3 is 0.726 bits per heavy atom. The van der Waals surface area contributed by atoms with Crippen LogP contribution in [-0.2, 0) is 0 Å². The molecule has 0 bridgehead atoms. The molecule has 0 saturated heterocycles. The van der Waals surface area contributed by atoms with Gasteiger partial charge in [-0.25, -0.2) is 29.9 Å². The fourth-order valence-electron chi connectivity index (χ4n) is 22.4. The molecule has 0 spiro atoms. The summed E-state index contributed by atoms with van der Waals surface area (Å²) in [7, 11) is 0. The lowest BCUT2D eigenvalue weighted by Gasteiger charge is -2.12. The minimum absolute atomic E-state index is 0.732. The summed E-state index contributed by atoms with van der Waals surface area (Å²) in [6, 6.07) is 175. The van der Waals surface area contributed by atoms with E-state index >= 15 is 0 Å². The second-order valence-electron chi connectivity index (χ2n) is 37.3. The first-order valence-electron chi connectivity index (χ1n) is 49.3. The first kappa shape index (κ1) is 84.3. The number of hydrogen-bond acceptors (Lipinski definition) is 9. The standard InChI is InChI=1S/C48H29N3S.C44H27N3S.C42H25N3S/c1-2-13-30(14-3-1)31-25-27-32(28-26-31)45-37-19-6-9-21-40(37)49-48(50-45)39-29-33-15-4-5-16-34(33)44-38-20-12-24-43(46(38)52-47(39)44)51-41-22-10-7-17-35(41)36-18-8-11-23-42(36)51;1-3-14-28(15-4-1)36-27-37(29-16-5-2-6-17-29)46-44(45-36)35-26-30-18-7-8-19-31(30)41-34-22-13-25-40(42(34)48-43(35)41)47-38-23-11-9-20-32(38)33-21-10-12-24-39(33)47;1-2-13-26(14-3-1)39-31-19-6-9-21-34(31)43-42(44-39)33-25-27-15-4-5-16-28(27)38-32-20-12-24-37(40(32)46-41(33)38)45-35-22-10-7-17-29(35)30-18-8-11-23-36(30)45/h1-29H;1-27H;1-25H. The van der Waals surface area contributed by atoms with Gasteiger partial charge in [-0.3, -0.25) is 0 Å². The zero-order valence-electron chi connectivity index (χ0n) is 78.5. The molecule has 12 heteroatoms. The number of nitrogens with zero attached hydrogens (tertiary/aromatic N) is 9. The van der Waals surface area contributed by atoms with Gasteiger partial charge in [0.15, 0.2) is 17.5 Å². The highest BCUT2D eigenvalue weighted by Gasteiger charge is 2.28. The molecule has 0 atom stereocenters. The van der Waals surface area contributed by atoms with E-state index < -0.39 is 0 Å². The van der Waals surface area contributed by atoms with Crippen LogP contribution < -0.4 is 0 Å². The Balaban J connectivity index is 0.000000104. The van der Waals surface area contributed by atoms with Crippen molar-refractivity contribution >= 4 is 214 Å². The number of hydrogen-bond donors (Lipinski definition) is 0. The van der Waals surface area contributed by atoms with E-state index in [1.807, 2.05) is 52.2 Å². The molecule has 146 heavy (non-hydrogen) atoms. The summed E-state index contributed by atoms with van der Waals surface area (Å²) in [6.07, 6.45) is 0. The molecule has 9 nitrogen and oxygen atoms in total. The van der Waals surface area contributed by atoms with Gasteiger partial charge in [0.05, 0.1) is 98.1 Å². The van der Waals surface area contributed by atoms with Crippen LogP contribution in [0.4, 0.5) is 0 Å². The summed E-state index contributed by atoms with van der Waals surface area (Å²) in [4.78, 5) is 31.7. The van der Waals surface area contributed by atoms with Gasteiger partial charge in [-0.05, 0) is 134 Å². The Morgan fingerprint density at radius 1 is 0.158 bits per heavy atom. The zero-order chi connectivity index (χ0) is 96.0. The van der Waals surface area contributed by atoms with Gasteiger partial charge in [0.1, 0.15) is 0 Å². The first-order chi connectivity index (χ1) is 72.4. The fourth-order valence-corrected chi connectivity index (χ4v) is 26.4. The maximum absolute atomic E-state index is 5.42. The van der Waals surface area contributed by atoms with Gasteiger partial charge in [-0.1, -0.05) is 400 Å². The van der Waals surface area contributed by atoms with E-state index in [1.165, 1.54) is 186 Å². The number of rotatable bonds is 11. The molecule has 0 unspecified atom stereocenters. The van der Waals surface area contributed by atoms with Crippen LogP contribution in [0.3, 0.4) is 0 Å². The minimum Gasteiger partial charge on any atom is -0.308 e. The molecule has 0 aliphatic heterocycles. The van der Waals surface area contributed by atoms with Crippen molar-refractivity contribution in [3.63, 3.8) is 0 Å². The van der Waals surface area contributed by atoms with Crippen molar-refractivity contribution in [2.45, 2.75) is 0 Å². The largest absolute Gasteiger partial charge is 0.308 e. The Bertz CT molecular complexity index is 10500. The normalized spacial score (nSPS) is 11.8. The third-order valence-electron chi connectivity index (χ3n) is 29.0.